The van der Waals surface area contributed by atoms with E-state index in [4.69, 9.17) is 21.3 Å². The molecule has 2 N–H and O–H groups in total. The number of anilines is 2. The Morgan fingerprint density at radius 1 is 1.02 bits per heavy atom. The van der Waals surface area contributed by atoms with Gasteiger partial charge in [-0.25, -0.2) is 9.97 Å². The number of aromatic hydroxyl groups is 1. The van der Waals surface area contributed by atoms with Crippen molar-refractivity contribution in [3.8, 4) is 22.9 Å². The van der Waals surface area contributed by atoms with Gasteiger partial charge in [-0.15, -0.1) is 5.10 Å². The zero-order chi connectivity index (χ0) is 40.6. The third kappa shape index (κ3) is 8.23. The number of fused-ring (bicyclic) bond motifs is 1. The molecule has 7 rings (SSSR count). The normalized spacial score (nSPS) is 15.6. The number of halogens is 4. The molecule has 0 radical (unpaired) electrons. The number of aryl methyl sites for hydroxylation is 1. The molecule has 2 amide bonds. The Hall–Kier alpha value is -5.75. The van der Waals surface area contributed by atoms with Gasteiger partial charge in [0.2, 0.25) is 11.7 Å². The Bertz CT molecular complexity index is 2370. The lowest BCUT2D eigenvalue weighted by molar-refractivity contribution is -0.137. The molecular formula is C38H40ClF3N10O5. The second-order valence-corrected chi connectivity index (χ2v) is 14.4. The zero-order valence-electron chi connectivity index (χ0n) is 31.4. The maximum absolute atomic E-state index is 14.4. The van der Waals surface area contributed by atoms with Crippen LogP contribution in [-0.4, -0.2) is 108 Å². The van der Waals surface area contributed by atoms with Crippen molar-refractivity contribution in [2.45, 2.75) is 51.9 Å². The van der Waals surface area contributed by atoms with E-state index in [1.807, 2.05) is 24.0 Å². The fourth-order valence-electron chi connectivity index (χ4n) is 7.06. The number of carbonyl (C=O) groups excluding carboxylic acids is 2. The van der Waals surface area contributed by atoms with Gasteiger partial charge >= 0.3 is 6.18 Å². The maximum Gasteiger partial charge on any atom is 0.416 e. The van der Waals surface area contributed by atoms with Crippen molar-refractivity contribution in [2.24, 2.45) is 0 Å². The van der Waals surface area contributed by atoms with Gasteiger partial charge in [-0.2, -0.15) is 22.7 Å². The van der Waals surface area contributed by atoms with Crippen LogP contribution in [0.3, 0.4) is 0 Å². The quantitative estimate of drug-likeness (QED) is 0.213. The van der Waals surface area contributed by atoms with Gasteiger partial charge in [0.1, 0.15) is 30.4 Å². The van der Waals surface area contributed by atoms with E-state index in [1.54, 1.807) is 23.6 Å². The number of likely N-dealkylation sites (tertiary alicyclic amines) is 1. The molecule has 2 fully saturated rings. The molecule has 300 valence electrons. The Morgan fingerprint density at radius 2 is 1.72 bits per heavy atom. The summed E-state index contributed by atoms with van der Waals surface area (Å²) in [6.45, 7) is 5.68. The predicted molar refractivity (Wildman–Crippen MR) is 205 cm³/mol. The highest BCUT2D eigenvalue weighted by Gasteiger charge is 2.32. The van der Waals surface area contributed by atoms with Crippen molar-refractivity contribution in [3.63, 3.8) is 0 Å². The number of aromatic nitrogens is 6. The second kappa shape index (κ2) is 16.0. The molecule has 2 aliphatic heterocycles. The van der Waals surface area contributed by atoms with Crippen LogP contribution >= 0.6 is 11.6 Å². The van der Waals surface area contributed by atoms with E-state index >= 15 is 0 Å². The van der Waals surface area contributed by atoms with E-state index in [0.29, 0.717) is 17.0 Å². The number of rotatable bonds is 9. The number of alkyl halides is 3. The van der Waals surface area contributed by atoms with Crippen molar-refractivity contribution in [3.05, 3.63) is 86.8 Å². The van der Waals surface area contributed by atoms with E-state index in [0.717, 1.165) is 48.6 Å². The molecule has 57 heavy (non-hydrogen) atoms. The number of nitrogens with zero attached hydrogens (tertiary/aromatic N) is 9. The van der Waals surface area contributed by atoms with Crippen LogP contribution in [0.4, 0.5) is 24.5 Å². The van der Waals surface area contributed by atoms with E-state index in [9.17, 15) is 32.7 Å². The Labute approximate surface area is 329 Å². The molecule has 19 heteroatoms. The lowest BCUT2D eigenvalue weighted by Crippen LogP contribution is -2.51. The standard InChI is InChI=1S/C38H40ClF3N10O5/c1-4-29-32(49-15-17-50(18-16-49)35(55)31-33(54)22(2)43-21-44-31)36(56)52-37(51(29)20-30(53)45-28-10-7-24(19-27(28)39)38(40,41)42)46-34(47-52)23-5-8-25(9-6-23)57-26-11-13-48(3)14-12-26/h5-10,19,21,26,54H,4,11-18,20H2,1-3H3,(H,45,53). The molecule has 0 spiro atoms. The largest absolute Gasteiger partial charge is 0.504 e. The van der Waals surface area contributed by atoms with E-state index in [2.05, 4.69) is 32.3 Å². The summed E-state index contributed by atoms with van der Waals surface area (Å²) >= 11 is 6.16. The highest BCUT2D eigenvalue weighted by atomic mass is 35.5. The molecule has 0 atom stereocenters. The Balaban J connectivity index is 1.21. The smallest absolute Gasteiger partial charge is 0.416 e. The number of piperazine rings is 1. The second-order valence-electron chi connectivity index (χ2n) is 14.0. The summed E-state index contributed by atoms with van der Waals surface area (Å²) in [5.41, 5.74) is -0.0475. The molecule has 3 aromatic heterocycles. The van der Waals surface area contributed by atoms with Crippen LogP contribution < -0.4 is 20.5 Å². The first-order chi connectivity index (χ1) is 27.2. The maximum atomic E-state index is 14.4. The average molecular weight is 809 g/mol. The molecule has 2 saturated heterocycles. The fourth-order valence-corrected chi connectivity index (χ4v) is 7.29. The summed E-state index contributed by atoms with van der Waals surface area (Å²) in [5.74, 6) is -0.453. The van der Waals surface area contributed by atoms with Crippen LogP contribution in [0.1, 0.15) is 47.2 Å². The van der Waals surface area contributed by atoms with Crippen molar-refractivity contribution >= 4 is 40.6 Å². The predicted octanol–water partition coefficient (Wildman–Crippen LogP) is 4.67. The first kappa shape index (κ1) is 39.5. The molecule has 15 nitrogen and oxygen atoms in total. The van der Waals surface area contributed by atoms with Crippen LogP contribution in [0.2, 0.25) is 5.02 Å². The number of amides is 2. The summed E-state index contributed by atoms with van der Waals surface area (Å²) < 4.78 is 48.8. The summed E-state index contributed by atoms with van der Waals surface area (Å²) in [5, 5.41) is 17.3. The molecular weight excluding hydrogens is 769 g/mol. The number of hydrogen-bond acceptors (Lipinski definition) is 11. The lowest BCUT2D eigenvalue weighted by Gasteiger charge is -2.36. The van der Waals surface area contributed by atoms with Gasteiger partial charge in [0.15, 0.2) is 17.3 Å². The Kier molecular flexibility index (Phi) is 11.1. The summed E-state index contributed by atoms with van der Waals surface area (Å²) in [7, 11) is 2.08. The SMILES string of the molecule is CCc1c(N2CCN(C(=O)c3ncnc(C)c3O)CC2)c(=O)n2nc(-c3ccc(OC4CCN(C)CC4)cc3)nc2n1CC(=O)Nc1ccc(C(F)(F)F)cc1Cl. The molecule has 5 heterocycles. The topological polar surface area (TPSA) is 163 Å². The molecule has 0 aliphatic carbocycles. The fraction of sp³-hybridized carbons (Fsp3) is 0.395. The van der Waals surface area contributed by atoms with E-state index in [-0.39, 0.29) is 83.8 Å². The minimum Gasteiger partial charge on any atom is -0.504 e. The van der Waals surface area contributed by atoms with Crippen LogP contribution in [-0.2, 0) is 23.9 Å². The van der Waals surface area contributed by atoms with Gasteiger partial charge in [0, 0.05) is 44.8 Å². The van der Waals surface area contributed by atoms with Gasteiger partial charge < -0.3 is 34.4 Å². The third-order valence-corrected chi connectivity index (χ3v) is 10.5. The molecule has 0 saturated carbocycles. The van der Waals surface area contributed by atoms with Crippen LogP contribution in [0, 0.1) is 6.92 Å². The lowest BCUT2D eigenvalue weighted by atomic mass is 10.1. The Morgan fingerprint density at radius 3 is 2.37 bits per heavy atom. The molecule has 2 aliphatic rings. The summed E-state index contributed by atoms with van der Waals surface area (Å²) in [6.07, 6.45) is -1.22. The molecule has 2 aromatic carbocycles. The highest BCUT2D eigenvalue weighted by Crippen LogP contribution is 2.34. The van der Waals surface area contributed by atoms with Crippen LogP contribution in [0.5, 0.6) is 11.5 Å². The molecule has 5 aromatic rings. The zero-order valence-corrected chi connectivity index (χ0v) is 32.1. The van der Waals surface area contributed by atoms with Gasteiger partial charge in [-0.05, 0) is 75.7 Å². The minimum absolute atomic E-state index is 0.0274. The number of ether oxygens (including phenoxy) is 1. The van der Waals surface area contributed by atoms with Gasteiger partial charge in [0.05, 0.1) is 27.7 Å². The molecule has 0 unspecified atom stereocenters. The van der Waals surface area contributed by atoms with Crippen molar-refractivity contribution in [2.75, 3.05) is 56.5 Å². The van der Waals surface area contributed by atoms with E-state index < -0.39 is 35.7 Å². The first-order valence-electron chi connectivity index (χ1n) is 18.4. The van der Waals surface area contributed by atoms with Gasteiger partial charge in [0.25, 0.3) is 11.5 Å². The van der Waals surface area contributed by atoms with Crippen molar-refractivity contribution < 1.29 is 32.6 Å². The summed E-state index contributed by atoms with van der Waals surface area (Å²) in [6, 6.07) is 9.86. The average Bonchev–Trinajstić information content (AvgIpc) is 3.64. The number of hydrogen-bond donors (Lipinski definition) is 2. The first-order valence-corrected chi connectivity index (χ1v) is 18.8. The van der Waals surface area contributed by atoms with Gasteiger partial charge in [-0.3, -0.25) is 14.4 Å². The number of benzene rings is 2. The number of piperidine rings is 1. The van der Waals surface area contributed by atoms with Crippen LogP contribution in [0.25, 0.3) is 17.2 Å². The van der Waals surface area contributed by atoms with Crippen molar-refractivity contribution in [1.82, 2.24) is 38.9 Å². The number of carbonyl (C=O) groups is 2. The third-order valence-electron chi connectivity index (χ3n) is 10.2. The summed E-state index contributed by atoms with van der Waals surface area (Å²) in [4.78, 5) is 59.6. The van der Waals surface area contributed by atoms with Crippen molar-refractivity contribution in [1.29, 1.82) is 0 Å². The molecule has 0 bridgehead atoms. The van der Waals surface area contributed by atoms with Crippen LogP contribution in [0.15, 0.2) is 53.6 Å². The minimum atomic E-state index is -4.62. The van der Waals surface area contributed by atoms with E-state index in [1.165, 1.54) is 11.2 Å². The monoisotopic (exact) mass is 808 g/mol. The number of nitrogens with one attached hydrogen (secondary N) is 1. The highest BCUT2D eigenvalue weighted by molar-refractivity contribution is 6.33. The van der Waals surface area contributed by atoms with Gasteiger partial charge in [-0.1, -0.05) is 18.5 Å².